The zero-order valence-corrected chi connectivity index (χ0v) is 24.2. The Morgan fingerprint density at radius 1 is 0.951 bits per heavy atom. The average molecular weight is 583 g/mol. The van der Waals surface area contributed by atoms with Crippen molar-refractivity contribution in [1.82, 2.24) is 10.2 Å². The second-order valence-corrected chi connectivity index (χ2v) is 11.6. The van der Waals surface area contributed by atoms with E-state index in [1.54, 1.807) is 49.4 Å². The number of anilines is 1. The number of methoxy groups -OCH3 is 1. The first-order valence-corrected chi connectivity index (χ1v) is 14.4. The third kappa shape index (κ3) is 8.04. The van der Waals surface area contributed by atoms with Gasteiger partial charge in [-0.05, 0) is 54.8 Å². The molecule has 0 aliphatic rings. The number of nitrogens with zero attached hydrogens (tertiary/aromatic N) is 3. The number of sulfonamides is 1. The Labute approximate surface area is 239 Å². The topological polar surface area (TPSA) is 139 Å². The number of nitrogens with one attached hydrogen (secondary N) is 1. The number of non-ortho nitro benzene ring substituents is 1. The van der Waals surface area contributed by atoms with Crippen LogP contribution in [-0.2, 0) is 26.2 Å². The Hall–Kier alpha value is -4.45. The monoisotopic (exact) mass is 582 g/mol. The number of hydrogen-bond donors (Lipinski definition) is 1. The molecule has 0 saturated heterocycles. The van der Waals surface area contributed by atoms with Crippen molar-refractivity contribution in [1.29, 1.82) is 0 Å². The van der Waals surface area contributed by atoms with Gasteiger partial charge in [-0.1, -0.05) is 44.2 Å². The number of rotatable bonds is 13. The van der Waals surface area contributed by atoms with Crippen LogP contribution in [0.3, 0.4) is 0 Å². The van der Waals surface area contributed by atoms with Crippen LogP contribution in [0.15, 0.2) is 83.8 Å². The first kappa shape index (κ1) is 31.1. The third-order valence-corrected chi connectivity index (χ3v) is 8.11. The summed E-state index contributed by atoms with van der Waals surface area (Å²) in [5.74, 6) is -0.211. The van der Waals surface area contributed by atoms with Gasteiger partial charge in [-0.25, -0.2) is 8.42 Å². The fraction of sp³-hybridized carbons (Fsp3) is 0.310. The van der Waals surface area contributed by atoms with Crippen LogP contribution in [0.1, 0.15) is 26.3 Å². The molecule has 0 radical (unpaired) electrons. The molecule has 0 fully saturated rings. The van der Waals surface area contributed by atoms with Gasteiger partial charge in [-0.2, -0.15) is 0 Å². The molecule has 0 aromatic heterocycles. The van der Waals surface area contributed by atoms with Gasteiger partial charge in [0.25, 0.3) is 15.7 Å². The molecule has 218 valence electrons. The van der Waals surface area contributed by atoms with E-state index >= 15 is 0 Å². The second-order valence-electron chi connectivity index (χ2n) is 9.78. The van der Waals surface area contributed by atoms with E-state index in [0.717, 1.165) is 4.31 Å². The van der Waals surface area contributed by atoms with Crippen LogP contribution >= 0.6 is 0 Å². The van der Waals surface area contributed by atoms with E-state index in [4.69, 9.17) is 4.74 Å². The van der Waals surface area contributed by atoms with Crippen LogP contribution in [0.25, 0.3) is 0 Å². The van der Waals surface area contributed by atoms with Crippen molar-refractivity contribution < 1.29 is 27.7 Å². The van der Waals surface area contributed by atoms with Gasteiger partial charge in [0.05, 0.1) is 22.6 Å². The number of benzene rings is 3. The fourth-order valence-electron chi connectivity index (χ4n) is 3.95. The molecule has 3 rings (SSSR count). The van der Waals surface area contributed by atoms with Crippen molar-refractivity contribution in [3.63, 3.8) is 0 Å². The lowest BCUT2D eigenvalue weighted by molar-refractivity contribution is -0.384. The second kappa shape index (κ2) is 13.8. The summed E-state index contributed by atoms with van der Waals surface area (Å²) < 4.78 is 33.6. The Morgan fingerprint density at radius 3 is 2.10 bits per heavy atom. The van der Waals surface area contributed by atoms with Gasteiger partial charge in [-0.15, -0.1) is 0 Å². The van der Waals surface area contributed by atoms with E-state index < -0.39 is 33.4 Å². The quantitative estimate of drug-likeness (QED) is 0.237. The van der Waals surface area contributed by atoms with Gasteiger partial charge in [0.15, 0.2) is 0 Å². The largest absolute Gasteiger partial charge is 0.497 e. The lowest BCUT2D eigenvalue weighted by atomic mass is 10.1. The molecule has 3 aromatic carbocycles. The zero-order valence-electron chi connectivity index (χ0n) is 23.4. The maximum atomic E-state index is 13.9. The molecule has 0 spiro atoms. The van der Waals surface area contributed by atoms with Crippen molar-refractivity contribution in [3.05, 3.63) is 94.5 Å². The Bertz CT molecular complexity index is 1440. The summed E-state index contributed by atoms with van der Waals surface area (Å²) in [5, 5.41) is 14.0. The van der Waals surface area contributed by atoms with E-state index in [0.29, 0.717) is 17.9 Å². The van der Waals surface area contributed by atoms with Gasteiger partial charge < -0.3 is 15.0 Å². The number of amides is 2. The first-order chi connectivity index (χ1) is 19.4. The molecule has 2 amide bonds. The van der Waals surface area contributed by atoms with Gasteiger partial charge >= 0.3 is 0 Å². The minimum Gasteiger partial charge on any atom is -0.497 e. The van der Waals surface area contributed by atoms with E-state index in [1.165, 1.54) is 48.4 Å². The molecule has 11 nitrogen and oxygen atoms in total. The predicted molar refractivity (Wildman–Crippen MR) is 155 cm³/mol. The summed E-state index contributed by atoms with van der Waals surface area (Å²) in [6.07, 6.45) is 0. The molecule has 0 unspecified atom stereocenters. The van der Waals surface area contributed by atoms with Crippen molar-refractivity contribution in [2.75, 3.05) is 24.5 Å². The molecule has 12 heteroatoms. The predicted octanol–water partition coefficient (Wildman–Crippen LogP) is 3.99. The standard InChI is InChI=1S/C29H34N4O7S/c1-21(2)18-30-29(35)22(3)31(19-23-10-16-26(40-4)17-11-23)28(34)20-32(24-12-14-25(15-13-24)33(36)37)41(38,39)27-8-6-5-7-9-27/h5-17,21-22H,18-20H2,1-4H3,(H,30,35)/t22-/m0/s1. The number of nitro benzene ring substituents is 1. The Morgan fingerprint density at radius 2 is 1.56 bits per heavy atom. The first-order valence-electron chi connectivity index (χ1n) is 13.0. The van der Waals surface area contributed by atoms with Crippen LogP contribution in [0.5, 0.6) is 5.75 Å². The molecule has 41 heavy (non-hydrogen) atoms. The molecular weight excluding hydrogens is 548 g/mol. The number of hydrogen-bond acceptors (Lipinski definition) is 7. The number of ether oxygens (including phenoxy) is 1. The van der Waals surface area contributed by atoms with E-state index in [1.807, 2.05) is 13.8 Å². The molecule has 1 atom stereocenters. The number of carbonyl (C=O) groups is 2. The number of carbonyl (C=O) groups excluding carboxylic acids is 2. The highest BCUT2D eigenvalue weighted by molar-refractivity contribution is 7.92. The Balaban J connectivity index is 2.01. The normalized spacial score (nSPS) is 11.9. The highest BCUT2D eigenvalue weighted by Crippen LogP contribution is 2.26. The molecule has 0 bridgehead atoms. The minimum absolute atomic E-state index is 0.0264. The molecule has 3 aromatic rings. The fourth-order valence-corrected chi connectivity index (χ4v) is 5.39. The van der Waals surface area contributed by atoms with Crippen LogP contribution < -0.4 is 14.4 Å². The molecule has 1 N–H and O–H groups in total. The van der Waals surface area contributed by atoms with Crippen LogP contribution in [0.2, 0.25) is 0 Å². The van der Waals surface area contributed by atoms with E-state index in [-0.39, 0.29) is 34.6 Å². The third-order valence-electron chi connectivity index (χ3n) is 6.32. The van der Waals surface area contributed by atoms with Crippen molar-refractivity contribution in [3.8, 4) is 5.75 Å². The van der Waals surface area contributed by atoms with Gasteiger partial charge in [0.1, 0.15) is 18.3 Å². The van der Waals surface area contributed by atoms with Crippen LogP contribution in [-0.4, -0.2) is 56.3 Å². The van der Waals surface area contributed by atoms with Gasteiger partial charge in [0, 0.05) is 25.2 Å². The maximum absolute atomic E-state index is 13.9. The minimum atomic E-state index is -4.27. The number of nitro groups is 1. The lowest BCUT2D eigenvalue weighted by Gasteiger charge is -2.32. The SMILES string of the molecule is COc1ccc(CN(C(=O)CN(c2ccc([N+](=O)[O-])cc2)S(=O)(=O)c2ccccc2)[C@@H](C)C(=O)NCC(C)C)cc1. The highest BCUT2D eigenvalue weighted by atomic mass is 32.2. The molecule has 0 aliphatic heterocycles. The lowest BCUT2D eigenvalue weighted by Crippen LogP contribution is -2.51. The summed E-state index contributed by atoms with van der Waals surface area (Å²) in [6, 6.07) is 18.5. The van der Waals surface area contributed by atoms with Crippen LogP contribution in [0, 0.1) is 16.0 Å². The Kier molecular flexibility index (Phi) is 10.4. The molecule has 0 aliphatic carbocycles. The summed E-state index contributed by atoms with van der Waals surface area (Å²) >= 11 is 0. The summed E-state index contributed by atoms with van der Waals surface area (Å²) in [7, 11) is -2.73. The average Bonchev–Trinajstić information content (AvgIpc) is 2.97. The summed E-state index contributed by atoms with van der Waals surface area (Å²) in [4.78, 5) is 38.8. The van der Waals surface area contributed by atoms with E-state index in [2.05, 4.69) is 5.32 Å². The zero-order chi connectivity index (χ0) is 30.2. The van der Waals surface area contributed by atoms with Gasteiger partial charge in [-0.3, -0.25) is 24.0 Å². The summed E-state index contributed by atoms with van der Waals surface area (Å²) in [5.41, 5.74) is 0.540. The van der Waals surface area contributed by atoms with Crippen LogP contribution in [0.4, 0.5) is 11.4 Å². The molecular formula is C29H34N4O7S. The maximum Gasteiger partial charge on any atom is 0.269 e. The van der Waals surface area contributed by atoms with E-state index in [9.17, 15) is 28.1 Å². The summed E-state index contributed by atoms with van der Waals surface area (Å²) in [6.45, 7) is 5.26. The molecule has 0 heterocycles. The highest BCUT2D eigenvalue weighted by Gasteiger charge is 2.32. The van der Waals surface area contributed by atoms with Crippen molar-refractivity contribution in [2.24, 2.45) is 5.92 Å². The van der Waals surface area contributed by atoms with Crippen molar-refractivity contribution >= 4 is 33.2 Å². The molecule has 0 saturated carbocycles. The smallest absolute Gasteiger partial charge is 0.269 e. The van der Waals surface area contributed by atoms with Gasteiger partial charge in [0.2, 0.25) is 11.8 Å². The van der Waals surface area contributed by atoms with Crippen molar-refractivity contribution in [2.45, 2.75) is 38.3 Å².